The van der Waals surface area contributed by atoms with Crippen molar-refractivity contribution in [3.05, 3.63) is 29.1 Å². The number of amides is 1. The number of hydrogen-bond donors (Lipinski definition) is 1. The average molecular weight is 347 g/mol. The van der Waals surface area contributed by atoms with E-state index in [1.807, 2.05) is 38.7 Å². The van der Waals surface area contributed by atoms with Gasteiger partial charge in [0.25, 0.3) is 0 Å². The molecule has 1 aromatic heterocycles. The second-order valence-corrected chi connectivity index (χ2v) is 7.69. The van der Waals surface area contributed by atoms with E-state index in [2.05, 4.69) is 10.3 Å². The van der Waals surface area contributed by atoms with E-state index in [4.69, 9.17) is 9.47 Å². The van der Waals surface area contributed by atoms with E-state index in [0.717, 1.165) is 24.2 Å². The van der Waals surface area contributed by atoms with Gasteiger partial charge in [-0.05, 0) is 40.2 Å². The van der Waals surface area contributed by atoms with E-state index in [0.29, 0.717) is 6.54 Å². The zero-order chi connectivity index (χ0) is 18.4. The standard InChI is InChI=1S/C18H25N3O4/c1-11-13(6-7-14(20-11)15(22)24-5)18-8-12(9-19-10-18)21(18)16(23)25-17(2,3)4/h6-7,12,19H,8-10H2,1-5H3. The number of carbonyl (C=O) groups excluding carboxylic acids is 2. The number of esters is 1. The van der Waals surface area contributed by atoms with Crippen molar-refractivity contribution in [1.82, 2.24) is 15.2 Å². The van der Waals surface area contributed by atoms with Crippen molar-refractivity contribution < 1.29 is 19.1 Å². The van der Waals surface area contributed by atoms with Crippen LogP contribution in [0.4, 0.5) is 4.79 Å². The summed E-state index contributed by atoms with van der Waals surface area (Å²) in [5.41, 5.74) is 0.908. The molecule has 1 amide bonds. The van der Waals surface area contributed by atoms with Crippen LogP contribution in [-0.2, 0) is 15.0 Å². The quantitative estimate of drug-likeness (QED) is 0.824. The van der Waals surface area contributed by atoms with Gasteiger partial charge in [0.05, 0.1) is 18.7 Å². The molecule has 0 spiro atoms. The molecule has 1 aromatic rings. The highest BCUT2D eigenvalue weighted by Crippen LogP contribution is 2.48. The predicted octanol–water partition coefficient (Wildman–Crippen LogP) is 1.98. The van der Waals surface area contributed by atoms with Crippen LogP contribution in [0.2, 0.25) is 0 Å². The van der Waals surface area contributed by atoms with Gasteiger partial charge in [0.15, 0.2) is 0 Å². The summed E-state index contributed by atoms with van der Waals surface area (Å²) < 4.78 is 10.3. The van der Waals surface area contributed by atoms with Crippen LogP contribution in [0.25, 0.3) is 0 Å². The molecule has 7 heteroatoms. The van der Waals surface area contributed by atoms with Crippen LogP contribution in [-0.4, -0.2) is 53.8 Å². The van der Waals surface area contributed by atoms with Crippen LogP contribution >= 0.6 is 0 Å². The number of piperazine rings is 1. The molecule has 1 N–H and O–H groups in total. The lowest BCUT2D eigenvalue weighted by Crippen LogP contribution is -2.76. The minimum atomic E-state index is -0.544. The Kier molecular flexibility index (Phi) is 4.23. The van der Waals surface area contributed by atoms with Crippen molar-refractivity contribution in [3.8, 4) is 0 Å². The lowest BCUT2D eigenvalue weighted by atomic mass is 9.70. The first-order valence-corrected chi connectivity index (χ1v) is 8.47. The molecule has 0 aliphatic carbocycles. The Morgan fingerprint density at radius 1 is 1.36 bits per heavy atom. The van der Waals surface area contributed by atoms with Gasteiger partial charge >= 0.3 is 12.1 Å². The first-order valence-electron chi connectivity index (χ1n) is 8.47. The van der Waals surface area contributed by atoms with Crippen molar-refractivity contribution >= 4 is 12.1 Å². The Morgan fingerprint density at radius 3 is 2.64 bits per heavy atom. The molecular weight excluding hydrogens is 322 g/mol. The zero-order valence-electron chi connectivity index (χ0n) is 15.4. The van der Waals surface area contributed by atoms with Crippen LogP contribution in [0, 0.1) is 6.92 Å². The Hall–Kier alpha value is -2.15. The minimum absolute atomic E-state index is 0.114. The lowest BCUT2D eigenvalue weighted by molar-refractivity contribution is -0.103. The fraction of sp³-hybridized carbons (Fsp3) is 0.611. The molecule has 3 saturated heterocycles. The molecule has 4 heterocycles. The van der Waals surface area contributed by atoms with Crippen molar-refractivity contribution in [3.63, 3.8) is 0 Å². The van der Waals surface area contributed by atoms with Gasteiger partial charge in [-0.15, -0.1) is 0 Å². The topological polar surface area (TPSA) is 80.8 Å². The van der Waals surface area contributed by atoms with Gasteiger partial charge in [0.1, 0.15) is 11.3 Å². The number of aryl methyl sites for hydroxylation is 1. The number of rotatable bonds is 2. The Bertz CT molecular complexity index is 709. The molecule has 3 aliphatic heterocycles. The van der Waals surface area contributed by atoms with Gasteiger partial charge in [0.2, 0.25) is 0 Å². The van der Waals surface area contributed by atoms with Crippen molar-refractivity contribution in [2.45, 2.75) is 51.3 Å². The smallest absolute Gasteiger partial charge is 0.411 e. The first kappa shape index (κ1) is 17.7. The summed E-state index contributed by atoms with van der Waals surface area (Å²) in [5.74, 6) is -0.468. The van der Waals surface area contributed by atoms with Gasteiger partial charge in [0, 0.05) is 24.3 Å². The van der Waals surface area contributed by atoms with Crippen LogP contribution in [0.5, 0.6) is 0 Å². The number of methoxy groups -OCH3 is 1. The molecule has 2 bridgehead atoms. The van der Waals surface area contributed by atoms with Gasteiger partial charge in [-0.3, -0.25) is 4.90 Å². The van der Waals surface area contributed by atoms with Crippen molar-refractivity contribution in [2.24, 2.45) is 0 Å². The fourth-order valence-electron chi connectivity index (χ4n) is 3.82. The molecule has 25 heavy (non-hydrogen) atoms. The summed E-state index contributed by atoms with van der Waals surface area (Å²) in [4.78, 5) is 30.6. The number of fused-ring (bicyclic) bond motifs is 2. The third kappa shape index (κ3) is 2.97. The first-order chi connectivity index (χ1) is 11.7. The molecule has 0 aromatic carbocycles. The molecule has 2 unspecified atom stereocenters. The van der Waals surface area contributed by atoms with Crippen LogP contribution in [0.3, 0.4) is 0 Å². The summed E-state index contributed by atoms with van der Waals surface area (Å²) in [6.07, 6.45) is 0.556. The Morgan fingerprint density at radius 2 is 2.08 bits per heavy atom. The number of piperidine rings is 1. The zero-order valence-corrected chi connectivity index (χ0v) is 15.4. The molecule has 7 nitrogen and oxygen atoms in total. The summed E-state index contributed by atoms with van der Waals surface area (Å²) in [6, 6.07) is 3.64. The summed E-state index contributed by atoms with van der Waals surface area (Å²) in [7, 11) is 1.33. The Balaban J connectivity index is 1.94. The van der Waals surface area contributed by atoms with E-state index >= 15 is 0 Å². The number of ether oxygens (including phenoxy) is 2. The molecule has 3 aliphatic rings. The normalized spacial score (nSPS) is 25.2. The van der Waals surface area contributed by atoms with Gasteiger partial charge in [-0.1, -0.05) is 6.07 Å². The third-order valence-corrected chi connectivity index (χ3v) is 4.77. The molecule has 136 valence electrons. The van der Waals surface area contributed by atoms with Crippen molar-refractivity contribution in [1.29, 1.82) is 0 Å². The van der Waals surface area contributed by atoms with Crippen LogP contribution in [0.1, 0.15) is 48.9 Å². The van der Waals surface area contributed by atoms with Gasteiger partial charge in [-0.25, -0.2) is 14.6 Å². The molecule has 4 rings (SSSR count). The monoisotopic (exact) mass is 347 g/mol. The highest BCUT2D eigenvalue weighted by molar-refractivity contribution is 5.87. The average Bonchev–Trinajstić information content (AvgIpc) is 2.52. The number of pyridine rings is 1. The highest BCUT2D eigenvalue weighted by atomic mass is 16.6. The second-order valence-electron chi connectivity index (χ2n) is 7.69. The largest absolute Gasteiger partial charge is 0.464 e. The maximum absolute atomic E-state index is 12.7. The molecular formula is C18H25N3O4. The van der Waals surface area contributed by atoms with E-state index in [-0.39, 0.29) is 17.8 Å². The highest BCUT2D eigenvalue weighted by Gasteiger charge is 2.59. The van der Waals surface area contributed by atoms with E-state index in [9.17, 15) is 9.59 Å². The number of hydrogen-bond acceptors (Lipinski definition) is 6. The SMILES string of the molecule is COC(=O)c1ccc(C23CNCC(C2)N3C(=O)OC(C)(C)C)c(C)n1. The van der Waals surface area contributed by atoms with E-state index in [1.165, 1.54) is 7.11 Å². The summed E-state index contributed by atoms with van der Waals surface area (Å²) in [6.45, 7) is 8.85. The van der Waals surface area contributed by atoms with E-state index in [1.54, 1.807) is 6.07 Å². The third-order valence-electron chi connectivity index (χ3n) is 4.77. The lowest BCUT2D eigenvalue weighted by Gasteiger charge is -2.61. The van der Waals surface area contributed by atoms with Crippen LogP contribution < -0.4 is 5.32 Å². The maximum Gasteiger partial charge on any atom is 0.411 e. The summed E-state index contributed by atoms with van der Waals surface area (Å²) >= 11 is 0. The van der Waals surface area contributed by atoms with E-state index < -0.39 is 17.1 Å². The second kappa shape index (κ2) is 5.98. The van der Waals surface area contributed by atoms with Crippen LogP contribution in [0.15, 0.2) is 12.1 Å². The number of nitrogens with one attached hydrogen (secondary N) is 1. The number of carbonyl (C=O) groups is 2. The molecule has 3 fully saturated rings. The maximum atomic E-state index is 12.7. The van der Waals surface area contributed by atoms with Gasteiger partial charge in [-0.2, -0.15) is 0 Å². The minimum Gasteiger partial charge on any atom is -0.464 e. The van der Waals surface area contributed by atoms with Crippen molar-refractivity contribution in [2.75, 3.05) is 20.2 Å². The Labute approximate surface area is 147 Å². The summed E-state index contributed by atoms with van der Waals surface area (Å²) in [5, 5.41) is 3.38. The van der Waals surface area contributed by atoms with Gasteiger partial charge < -0.3 is 14.8 Å². The fourth-order valence-corrected chi connectivity index (χ4v) is 3.82. The number of nitrogens with zero attached hydrogens (tertiary/aromatic N) is 2. The molecule has 0 saturated carbocycles. The predicted molar refractivity (Wildman–Crippen MR) is 91.3 cm³/mol. The number of aromatic nitrogens is 1. The molecule has 0 radical (unpaired) electrons. The molecule has 2 atom stereocenters.